The van der Waals surface area contributed by atoms with Gasteiger partial charge in [-0.1, -0.05) is 13.3 Å². The fraction of sp³-hybridized carbons (Fsp3) is 0.500. The van der Waals surface area contributed by atoms with Gasteiger partial charge in [-0.2, -0.15) is 0 Å². The molecule has 0 unspecified atom stereocenters. The van der Waals surface area contributed by atoms with Crippen molar-refractivity contribution >= 4 is 29.3 Å². The highest BCUT2D eigenvalue weighted by atomic mass is 32.2. The van der Waals surface area contributed by atoms with Gasteiger partial charge in [-0.05, 0) is 37.6 Å². The summed E-state index contributed by atoms with van der Waals surface area (Å²) in [5, 5.41) is 2.67. The van der Waals surface area contributed by atoms with Gasteiger partial charge < -0.3 is 10.2 Å². The summed E-state index contributed by atoms with van der Waals surface area (Å²) < 4.78 is 12.8. The second kappa shape index (κ2) is 10.2. The number of nitrogens with zero attached hydrogens (tertiary/aromatic N) is 1. The summed E-state index contributed by atoms with van der Waals surface area (Å²) in [4.78, 5) is 25.5. The number of halogens is 1. The van der Waals surface area contributed by atoms with E-state index in [2.05, 4.69) is 12.2 Å². The number of benzene rings is 1. The van der Waals surface area contributed by atoms with Crippen molar-refractivity contribution in [2.24, 2.45) is 0 Å². The van der Waals surface area contributed by atoms with Crippen LogP contribution in [0.3, 0.4) is 0 Å². The minimum atomic E-state index is -0.343. The second-order valence-corrected chi connectivity index (χ2v) is 5.86. The monoisotopic (exact) mass is 326 g/mol. The molecule has 0 atom stereocenters. The fourth-order valence-electron chi connectivity index (χ4n) is 1.86. The van der Waals surface area contributed by atoms with Crippen molar-refractivity contribution in [1.29, 1.82) is 0 Å². The Labute approximate surface area is 135 Å². The molecule has 0 heterocycles. The van der Waals surface area contributed by atoms with Gasteiger partial charge in [0, 0.05) is 18.8 Å². The smallest absolute Gasteiger partial charge is 0.234 e. The molecule has 122 valence electrons. The van der Waals surface area contributed by atoms with Crippen LogP contribution in [0.2, 0.25) is 0 Å². The molecule has 0 saturated heterocycles. The van der Waals surface area contributed by atoms with Crippen molar-refractivity contribution in [1.82, 2.24) is 4.90 Å². The molecule has 1 rings (SSSR count). The number of amides is 2. The van der Waals surface area contributed by atoms with E-state index in [1.165, 1.54) is 36.0 Å². The number of hydrogen-bond acceptors (Lipinski definition) is 3. The fourth-order valence-corrected chi connectivity index (χ4v) is 2.58. The molecule has 0 aromatic heterocycles. The van der Waals surface area contributed by atoms with E-state index in [0.29, 0.717) is 18.0 Å². The highest BCUT2D eigenvalue weighted by molar-refractivity contribution is 8.00. The molecule has 6 heteroatoms. The first-order valence-electron chi connectivity index (χ1n) is 7.47. The Morgan fingerprint density at radius 1 is 1.18 bits per heavy atom. The molecule has 0 aliphatic rings. The van der Waals surface area contributed by atoms with Crippen molar-refractivity contribution in [2.75, 3.05) is 29.9 Å². The van der Waals surface area contributed by atoms with Gasteiger partial charge in [0.1, 0.15) is 5.82 Å². The maximum absolute atomic E-state index is 12.8. The van der Waals surface area contributed by atoms with Gasteiger partial charge in [-0.15, -0.1) is 11.8 Å². The average molecular weight is 326 g/mol. The summed E-state index contributed by atoms with van der Waals surface area (Å²) in [7, 11) is 0. The number of anilines is 1. The van der Waals surface area contributed by atoms with Crippen molar-refractivity contribution in [3.63, 3.8) is 0 Å². The lowest BCUT2D eigenvalue weighted by Gasteiger charge is -2.20. The van der Waals surface area contributed by atoms with E-state index in [-0.39, 0.29) is 23.4 Å². The molecule has 2 amide bonds. The summed E-state index contributed by atoms with van der Waals surface area (Å²) in [6, 6.07) is 5.59. The van der Waals surface area contributed by atoms with Gasteiger partial charge >= 0.3 is 0 Å². The van der Waals surface area contributed by atoms with Crippen LogP contribution in [0.25, 0.3) is 0 Å². The van der Waals surface area contributed by atoms with Gasteiger partial charge in [0.25, 0.3) is 0 Å². The van der Waals surface area contributed by atoms with Crippen molar-refractivity contribution in [3.8, 4) is 0 Å². The molecule has 1 aromatic rings. The predicted molar refractivity (Wildman–Crippen MR) is 89.5 cm³/mol. The Kier molecular flexibility index (Phi) is 8.58. The Morgan fingerprint density at radius 2 is 1.86 bits per heavy atom. The van der Waals surface area contributed by atoms with E-state index in [1.807, 2.05) is 11.8 Å². The zero-order chi connectivity index (χ0) is 16.4. The average Bonchev–Trinajstić information content (AvgIpc) is 2.50. The summed E-state index contributed by atoms with van der Waals surface area (Å²) in [5.41, 5.74) is 0.552. The standard InChI is InChI=1S/C16H23FN2O2S/c1-3-5-10-19(4-2)16(21)12-22-11-15(20)18-14-8-6-13(17)7-9-14/h6-9H,3-5,10-12H2,1-2H3,(H,18,20). The zero-order valence-corrected chi connectivity index (χ0v) is 13.9. The van der Waals surface area contributed by atoms with Gasteiger partial charge in [0.05, 0.1) is 11.5 Å². The van der Waals surface area contributed by atoms with Crippen LogP contribution in [0.15, 0.2) is 24.3 Å². The van der Waals surface area contributed by atoms with Gasteiger partial charge in [-0.25, -0.2) is 4.39 Å². The number of unbranched alkanes of at least 4 members (excludes halogenated alkanes) is 1. The van der Waals surface area contributed by atoms with Crippen molar-refractivity contribution in [3.05, 3.63) is 30.1 Å². The third-order valence-corrected chi connectivity index (χ3v) is 4.02. The first kappa shape index (κ1) is 18.5. The van der Waals surface area contributed by atoms with Gasteiger partial charge in [-0.3, -0.25) is 9.59 Å². The molecule has 0 aliphatic heterocycles. The van der Waals surface area contributed by atoms with Gasteiger partial charge in [0.2, 0.25) is 11.8 Å². The third kappa shape index (κ3) is 6.93. The molecule has 0 saturated carbocycles. The van der Waals surface area contributed by atoms with E-state index < -0.39 is 0 Å². The molecule has 1 aromatic carbocycles. The SMILES string of the molecule is CCCCN(CC)C(=O)CSCC(=O)Nc1ccc(F)cc1. The first-order chi connectivity index (χ1) is 10.6. The topological polar surface area (TPSA) is 49.4 Å². The third-order valence-electron chi connectivity index (χ3n) is 3.10. The van der Waals surface area contributed by atoms with Crippen molar-refractivity contribution in [2.45, 2.75) is 26.7 Å². The van der Waals surface area contributed by atoms with Crippen LogP contribution < -0.4 is 5.32 Å². The summed E-state index contributed by atoms with van der Waals surface area (Å²) in [6.07, 6.45) is 2.05. The van der Waals surface area contributed by atoms with E-state index in [4.69, 9.17) is 0 Å². The molecule has 0 spiro atoms. The van der Waals surface area contributed by atoms with E-state index in [0.717, 1.165) is 19.4 Å². The van der Waals surface area contributed by atoms with Gasteiger partial charge in [0.15, 0.2) is 0 Å². The Morgan fingerprint density at radius 3 is 2.45 bits per heavy atom. The highest BCUT2D eigenvalue weighted by Crippen LogP contribution is 2.10. The number of nitrogens with one attached hydrogen (secondary N) is 1. The number of carbonyl (C=O) groups excluding carboxylic acids is 2. The summed E-state index contributed by atoms with van der Waals surface area (Å²) in [5.74, 6) is 0.0318. The maximum Gasteiger partial charge on any atom is 0.234 e. The lowest BCUT2D eigenvalue weighted by atomic mass is 10.3. The van der Waals surface area contributed by atoms with Crippen LogP contribution in [0.1, 0.15) is 26.7 Å². The Balaban J connectivity index is 2.29. The van der Waals surface area contributed by atoms with Crippen LogP contribution in [0.4, 0.5) is 10.1 Å². The number of carbonyl (C=O) groups is 2. The van der Waals surface area contributed by atoms with E-state index >= 15 is 0 Å². The van der Waals surface area contributed by atoms with Crippen LogP contribution in [0.5, 0.6) is 0 Å². The minimum Gasteiger partial charge on any atom is -0.342 e. The Hall–Kier alpha value is -1.56. The number of thioether (sulfide) groups is 1. The molecular formula is C16H23FN2O2S. The van der Waals surface area contributed by atoms with Crippen LogP contribution in [-0.4, -0.2) is 41.3 Å². The molecule has 0 aliphatic carbocycles. The molecular weight excluding hydrogens is 303 g/mol. The number of hydrogen-bond donors (Lipinski definition) is 1. The largest absolute Gasteiger partial charge is 0.342 e. The predicted octanol–water partition coefficient (Wildman–Crippen LogP) is 3.15. The summed E-state index contributed by atoms with van der Waals surface area (Å²) >= 11 is 1.29. The molecule has 0 bridgehead atoms. The maximum atomic E-state index is 12.8. The van der Waals surface area contributed by atoms with E-state index in [9.17, 15) is 14.0 Å². The van der Waals surface area contributed by atoms with Crippen molar-refractivity contribution < 1.29 is 14.0 Å². The van der Waals surface area contributed by atoms with Crippen LogP contribution >= 0.6 is 11.8 Å². The quantitative estimate of drug-likeness (QED) is 0.758. The van der Waals surface area contributed by atoms with Crippen LogP contribution in [0, 0.1) is 5.82 Å². The minimum absolute atomic E-state index is 0.0653. The molecule has 4 nitrogen and oxygen atoms in total. The molecule has 0 radical (unpaired) electrons. The lowest BCUT2D eigenvalue weighted by molar-refractivity contribution is -0.128. The zero-order valence-electron chi connectivity index (χ0n) is 13.1. The molecule has 0 fully saturated rings. The van der Waals surface area contributed by atoms with Crippen LogP contribution in [-0.2, 0) is 9.59 Å². The Bertz CT molecular complexity index is 480. The normalized spacial score (nSPS) is 10.3. The van der Waals surface area contributed by atoms with E-state index in [1.54, 1.807) is 0 Å². The molecule has 22 heavy (non-hydrogen) atoms. The number of rotatable bonds is 9. The lowest BCUT2D eigenvalue weighted by Crippen LogP contribution is -2.33. The highest BCUT2D eigenvalue weighted by Gasteiger charge is 2.12. The second-order valence-electron chi connectivity index (χ2n) is 4.87. The molecule has 1 N–H and O–H groups in total. The first-order valence-corrected chi connectivity index (χ1v) is 8.63. The summed E-state index contributed by atoms with van der Waals surface area (Å²) in [6.45, 7) is 5.52.